The predicted octanol–water partition coefficient (Wildman–Crippen LogP) is 2.72. The van der Waals surface area contributed by atoms with Crippen LogP contribution in [0.2, 0.25) is 10.0 Å². The Labute approximate surface area is 146 Å². The molecule has 0 amide bonds. The lowest BCUT2D eigenvalue weighted by Crippen LogP contribution is -2.40. The van der Waals surface area contributed by atoms with Crippen molar-refractivity contribution in [3.8, 4) is 0 Å². The second-order valence-electron chi connectivity index (χ2n) is 5.20. The van der Waals surface area contributed by atoms with Crippen LogP contribution in [0, 0.1) is 0 Å². The second kappa shape index (κ2) is 6.63. The van der Waals surface area contributed by atoms with Crippen LogP contribution >= 0.6 is 23.2 Å². The van der Waals surface area contributed by atoms with Crippen LogP contribution in [0.4, 0.5) is 0 Å². The molecule has 0 atom stereocenters. The van der Waals surface area contributed by atoms with E-state index >= 15 is 0 Å². The number of carbonyl (C=O) groups excluding carboxylic acids is 1. The van der Waals surface area contributed by atoms with Crippen LogP contribution in [-0.2, 0) is 17.9 Å². The van der Waals surface area contributed by atoms with Gasteiger partial charge in [-0.1, -0.05) is 35.3 Å². The topological polar surface area (TPSA) is 61.1 Å². The fourth-order valence-corrected chi connectivity index (χ4v) is 2.97. The summed E-state index contributed by atoms with van der Waals surface area (Å²) in [4.78, 5) is 36.3. The summed E-state index contributed by atoms with van der Waals surface area (Å²) in [5.41, 5.74) is -0.0278. The lowest BCUT2D eigenvalue weighted by atomic mass is 10.2. The monoisotopic (exact) mass is 362 g/mol. The van der Waals surface area contributed by atoms with E-state index in [1.807, 2.05) is 0 Å². The van der Waals surface area contributed by atoms with E-state index in [0.717, 1.165) is 4.57 Å². The molecule has 0 N–H and O–H groups in total. The van der Waals surface area contributed by atoms with Gasteiger partial charge in [-0.2, -0.15) is 0 Å². The van der Waals surface area contributed by atoms with Gasteiger partial charge >= 0.3 is 5.69 Å². The summed E-state index contributed by atoms with van der Waals surface area (Å²) >= 11 is 12.1. The van der Waals surface area contributed by atoms with Gasteiger partial charge in [-0.05, 0) is 35.9 Å². The first-order chi connectivity index (χ1) is 11.5. The molecule has 0 aliphatic carbocycles. The van der Waals surface area contributed by atoms with Gasteiger partial charge in [-0.25, -0.2) is 4.79 Å². The first-order valence-electron chi connectivity index (χ1n) is 7.13. The third-order valence-electron chi connectivity index (χ3n) is 3.73. The van der Waals surface area contributed by atoms with E-state index < -0.39 is 11.2 Å². The zero-order chi connectivity index (χ0) is 17.3. The molecule has 3 rings (SSSR count). The van der Waals surface area contributed by atoms with E-state index in [1.54, 1.807) is 42.5 Å². The number of hydrogen-bond acceptors (Lipinski definition) is 3. The Morgan fingerprint density at radius 2 is 1.75 bits per heavy atom. The first kappa shape index (κ1) is 16.5. The first-order valence-corrected chi connectivity index (χ1v) is 7.88. The van der Waals surface area contributed by atoms with Crippen molar-refractivity contribution in [1.82, 2.24) is 9.13 Å². The zero-order valence-electron chi connectivity index (χ0n) is 12.4. The number of rotatable bonds is 4. The number of fused-ring (bicyclic) bond motifs is 1. The summed E-state index contributed by atoms with van der Waals surface area (Å²) in [6.07, 6.45) is 0.620. The summed E-state index contributed by atoms with van der Waals surface area (Å²) < 4.78 is 2.32. The van der Waals surface area contributed by atoms with E-state index in [-0.39, 0.29) is 13.1 Å². The molecule has 0 spiro atoms. The van der Waals surface area contributed by atoms with Crippen molar-refractivity contribution in [1.29, 1.82) is 0 Å². The highest BCUT2D eigenvalue weighted by atomic mass is 35.5. The molecule has 24 heavy (non-hydrogen) atoms. The molecule has 0 fully saturated rings. The molecule has 0 saturated heterocycles. The normalized spacial score (nSPS) is 10.9. The third kappa shape index (κ3) is 2.88. The molecule has 0 bridgehead atoms. The number of aldehydes is 1. The van der Waals surface area contributed by atoms with Crippen molar-refractivity contribution < 1.29 is 4.79 Å². The molecule has 1 heterocycles. The van der Waals surface area contributed by atoms with Crippen LogP contribution in [0.15, 0.2) is 52.1 Å². The van der Waals surface area contributed by atoms with Gasteiger partial charge in [0, 0.05) is 10.0 Å². The Kier molecular flexibility index (Phi) is 4.55. The number of nitrogens with zero attached hydrogens (tertiary/aromatic N) is 2. The lowest BCUT2D eigenvalue weighted by Gasteiger charge is -2.13. The number of para-hydroxylation sites is 1. The largest absolute Gasteiger partial charge is 0.332 e. The van der Waals surface area contributed by atoms with Crippen LogP contribution < -0.4 is 11.2 Å². The molecule has 7 heteroatoms. The quantitative estimate of drug-likeness (QED) is 0.670. The molecular formula is C17H12Cl2N2O3. The van der Waals surface area contributed by atoms with E-state index in [2.05, 4.69) is 0 Å². The molecule has 0 unspecified atom stereocenters. The fourth-order valence-electron chi connectivity index (χ4n) is 2.60. The number of benzene rings is 2. The summed E-state index contributed by atoms with van der Waals surface area (Å²) in [5.74, 6) is 0. The molecule has 2 aromatic carbocycles. The smallest absolute Gasteiger partial charge is 0.301 e. The van der Waals surface area contributed by atoms with Crippen molar-refractivity contribution in [2.75, 3.05) is 0 Å². The molecule has 0 radical (unpaired) electrons. The number of carbonyl (C=O) groups is 1. The maximum atomic E-state index is 12.7. The van der Waals surface area contributed by atoms with Gasteiger partial charge in [0.2, 0.25) is 0 Å². The van der Waals surface area contributed by atoms with E-state index in [9.17, 15) is 14.4 Å². The molecule has 3 aromatic rings. The minimum atomic E-state index is -0.568. The van der Waals surface area contributed by atoms with E-state index in [4.69, 9.17) is 23.2 Å². The Bertz CT molecular complexity index is 1050. The van der Waals surface area contributed by atoms with Crippen molar-refractivity contribution in [2.24, 2.45) is 0 Å². The molecule has 0 aliphatic heterocycles. The fraction of sp³-hybridized carbons (Fsp3) is 0.118. The van der Waals surface area contributed by atoms with Gasteiger partial charge in [0.05, 0.1) is 24.0 Å². The minimum absolute atomic E-state index is 0.0270. The molecule has 122 valence electrons. The third-order valence-corrected chi connectivity index (χ3v) is 4.33. The van der Waals surface area contributed by atoms with Gasteiger partial charge in [-0.3, -0.25) is 13.9 Å². The Hall–Kier alpha value is -2.37. The number of halogens is 2. The SMILES string of the molecule is O=CCn1c(=O)n(Cc2cc(Cl)ccc2Cl)c(=O)c2ccccc21. The van der Waals surface area contributed by atoms with E-state index in [0.29, 0.717) is 32.8 Å². The predicted molar refractivity (Wildman–Crippen MR) is 94.1 cm³/mol. The highest BCUT2D eigenvalue weighted by Crippen LogP contribution is 2.21. The molecule has 0 aliphatic rings. The standard InChI is InChI=1S/C17H12Cl2N2O3/c18-12-5-6-14(19)11(9-12)10-21-16(23)13-3-1-2-4-15(13)20(7-8-22)17(21)24/h1-6,8-9H,7,10H2. The molecule has 5 nitrogen and oxygen atoms in total. The van der Waals surface area contributed by atoms with Crippen LogP contribution in [0.3, 0.4) is 0 Å². The zero-order valence-corrected chi connectivity index (χ0v) is 13.9. The van der Waals surface area contributed by atoms with Gasteiger partial charge < -0.3 is 4.79 Å². The van der Waals surface area contributed by atoms with Crippen LogP contribution in [-0.4, -0.2) is 15.4 Å². The van der Waals surface area contributed by atoms with Gasteiger partial charge in [0.1, 0.15) is 6.29 Å². The van der Waals surface area contributed by atoms with Gasteiger partial charge in [0.25, 0.3) is 5.56 Å². The van der Waals surface area contributed by atoms with Crippen molar-refractivity contribution >= 4 is 40.4 Å². The number of aromatic nitrogens is 2. The Morgan fingerprint density at radius 1 is 1.00 bits per heavy atom. The van der Waals surface area contributed by atoms with Gasteiger partial charge in [-0.15, -0.1) is 0 Å². The van der Waals surface area contributed by atoms with Gasteiger partial charge in [0.15, 0.2) is 0 Å². The Morgan fingerprint density at radius 3 is 2.50 bits per heavy atom. The summed E-state index contributed by atoms with van der Waals surface area (Å²) in [6.45, 7) is -0.163. The van der Waals surface area contributed by atoms with Crippen molar-refractivity contribution in [3.63, 3.8) is 0 Å². The molecule has 0 saturated carbocycles. The number of hydrogen-bond donors (Lipinski definition) is 0. The van der Waals surface area contributed by atoms with Crippen LogP contribution in [0.25, 0.3) is 10.9 Å². The summed E-state index contributed by atoms with van der Waals surface area (Å²) in [5, 5.41) is 1.22. The second-order valence-corrected chi connectivity index (χ2v) is 6.05. The highest BCUT2D eigenvalue weighted by molar-refractivity contribution is 6.33. The Balaban J connectivity index is 2.28. The highest BCUT2D eigenvalue weighted by Gasteiger charge is 2.14. The average molecular weight is 363 g/mol. The van der Waals surface area contributed by atoms with Crippen LogP contribution in [0.5, 0.6) is 0 Å². The van der Waals surface area contributed by atoms with E-state index in [1.165, 1.54) is 4.57 Å². The maximum absolute atomic E-state index is 12.7. The summed E-state index contributed by atoms with van der Waals surface area (Å²) in [6, 6.07) is 11.5. The lowest BCUT2D eigenvalue weighted by molar-refractivity contribution is -0.108. The van der Waals surface area contributed by atoms with Crippen molar-refractivity contribution in [3.05, 3.63) is 78.9 Å². The molecule has 1 aromatic heterocycles. The van der Waals surface area contributed by atoms with Crippen LogP contribution in [0.1, 0.15) is 5.56 Å². The molecular weight excluding hydrogens is 351 g/mol. The minimum Gasteiger partial charge on any atom is -0.301 e. The maximum Gasteiger partial charge on any atom is 0.332 e. The summed E-state index contributed by atoms with van der Waals surface area (Å²) in [7, 11) is 0. The average Bonchev–Trinajstić information content (AvgIpc) is 2.58. The van der Waals surface area contributed by atoms with Crippen molar-refractivity contribution in [2.45, 2.75) is 13.1 Å².